The molecule has 0 fully saturated rings. The van der Waals surface area contributed by atoms with E-state index >= 15 is 0 Å². The van der Waals surface area contributed by atoms with E-state index in [4.69, 9.17) is 11.6 Å². The Morgan fingerprint density at radius 2 is 1.92 bits per heavy atom. The molecule has 0 bridgehead atoms. The van der Waals surface area contributed by atoms with Crippen molar-refractivity contribution >= 4 is 34.2 Å². The minimum absolute atomic E-state index is 0.291. The van der Waals surface area contributed by atoms with Gasteiger partial charge in [0.15, 0.2) is 0 Å². The Balaban J connectivity index is 1.98. The Morgan fingerprint density at radius 1 is 1.16 bits per heavy atom. The Kier molecular flexibility index (Phi) is 4.67. The lowest BCUT2D eigenvalue weighted by Crippen LogP contribution is -2.42. The lowest BCUT2D eigenvalue weighted by atomic mass is 10.2. The highest BCUT2D eigenvalue weighted by Crippen LogP contribution is 2.10. The second-order valence-corrected chi connectivity index (χ2v) is 5.78. The summed E-state index contributed by atoms with van der Waals surface area (Å²) in [5.41, 5.74) is -0.467. The molecule has 2 heterocycles. The zero-order chi connectivity index (χ0) is 18.0. The number of benzene rings is 1. The molecule has 1 aromatic carbocycles. The molecular weight excluding hydrogens is 344 g/mol. The Labute approximate surface area is 147 Å². The molecule has 0 saturated carbocycles. The van der Waals surface area contributed by atoms with Crippen LogP contribution in [-0.4, -0.2) is 20.0 Å². The standard InChI is InChI=1S/C17H15ClN4O3/c1-2-21-13-6-4-3-5-12(13)16(24)22(17(21)25)10-15(23)20-14-8-7-11(18)9-19-14/h3-9H,2,10H2,1H3,(H,19,20,23). The number of carbonyl (C=O) groups excluding carboxylic acids is 1. The van der Waals surface area contributed by atoms with Crippen molar-refractivity contribution < 1.29 is 4.79 Å². The zero-order valence-corrected chi connectivity index (χ0v) is 14.2. The first-order valence-corrected chi connectivity index (χ1v) is 8.03. The van der Waals surface area contributed by atoms with E-state index in [1.165, 1.54) is 16.8 Å². The highest BCUT2D eigenvalue weighted by Gasteiger charge is 2.14. The van der Waals surface area contributed by atoms with Crippen molar-refractivity contribution in [2.24, 2.45) is 0 Å². The first-order chi connectivity index (χ1) is 12.0. The van der Waals surface area contributed by atoms with Crippen molar-refractivity contribution in [1.82, 2.24) is 14.1 Å². The minimum atomic E-state index is -0.523. The molecule has 25 heavy (non-hydrogen) atoms. The molecule has 0 aliphatic carbocycles. The molecule has 0 radical (unpaired) electrons. The predicted octanol–water partition coefficient (Wildman–Crippen LogP) is 1.87. The van der Waals surface area contributed by atoms with Gasteiger partial charge in [-0.1, -0.05) is 23.7 Å². The van der Waals surface area contributed by atoms with Gasteiger partial charge in [0.2, 0.25) is 5.91 Å². The van der Waals surface area contributed by atoms with E-state index in [-0.39, 0.29) is 0 Å². The molecule has 0 unspecified atom stereocenters. The second kappa shape index (κ2) is 6.90. The van der Waals surface area contributed by atoms with Gasteiger partial charge in [-0.05, 0) is 31.2 Å². The van der Waals surface area contributed by atoms with Gasteiger partial charge in [-0.3, -0.25) is 18.7 Å². The van der Waals surface area contributed by atoms with E-state index in [1.807, 2.05) is 0 Å². The molecule has 1 N–H and O–H groups in total. The summed E-state index contributed by atoms with van der Waals surface area (Å²) in [5, 5.41) is 3.37. The van der Waals surface area contributed by atoms with E-state index in [9.17, 15) is 14.4 Å². The maximum absolute atomic E-state index is 12.6. The number of aromatic nitrogens is 3. The second-order valence-electron chi connectivity index (χ2n) is 5.35. The van der Waals surface area contributed by atoms with Crippen LogP contribution in [0.25, 0.3) is 10.9 Å². The number of para-hydroxylation sites is 1. The number of carbonyl (C=O) groups is 1. The highest BCUT2D eigenvalue weighted by molar-refractivity contribution is 6.30. The van der Waals surface area contributed by atoms with Crippen LogP contribution in [0.3, 0.4) is 0 Å². The van der Waals surface area contributed by atoms with Gasteiger partial charge in [-0.15, -0.1) is 0 Å². The highest BCUT2D eigenvalue weighted by atomic mass is 35.5. The summed E-state index contributed by atoms with van der Waals surface area (Å²) in [4.78, 5) is 41.3. The molecular formula is C17H15ClN4O3. The largest absolute Gasteiger partial charge is 0.331 e. The van der Waals surface area contributed by atoms with Crippen LogP contribution in [0, 0.1) is 0 Å². The number of rotatable bonds is 4. The first-order valence-electron chi connectivity index (χ1n) is 7.65. The fourth-order valence-electron chi connectivity index (χ4n) is 2.59. The SMILES string of the molecule is CCn1c(=O)n(CC(=O)Nc2ccc(Cl)cn2)c(=O)c2ccccc21. The smallest absolute Gasteiger partial charge is 0.309 e. The molecule has 0 aliphatic heterocycles. The van der Waals surface area contributed by atoms with Gasteiger partial charge in [0.1, 0.15) is 12.4 Å². The molecule has 0 atom stereocenters. The lowest BCUT2D eigenvalue weighted by molar-refractivity contribution is -0.116. The monoisotopic (exact) mass is 358 g/mol. The number of halogens is 1. The Morgan fingerprint density at radius 3 is 2.60 bits per heavy atom. The number of amides is 1. The van der Waals surface area contributed by atoms with Gasteiger partial charge >= 0.3 is 5.69 Å². The van der Waals surface area contributed by atoms with Gasteiger partial charge in [0.05, 0.1) is 15.9 Å². The van der Waals surface area contributed by atoms with E-state index in [1.54, 1.807) is 37.3 Å². The van der Waals surface area contributed by atoms with Crippen molar-refractivity contribution in [3.05, 3.63) is 68.5 Å². The number of aryl methyl sites for hydroxylation is 1. The number of hydrogen-bond acceptors (Lipinski definition) is 4. The molecule has 128 valence electrons. The molecule has 0 saturated heterocycles. The number of anilines is 1. The van der Waals surface area contributed by atoms with Crippen molar-refractivity contribution in [2.45, 2.75) is 20.0 Å². The minimum Gasteiger partial charge on any atom is -0.309 e. The quantitative estimate of drug-likeness (QED) is 0.771. The van der Waals surface area contributed by atoms with Crippen molar-refractivity contribution in [1.29, 1.82) is 0 Å². The molecule has 2 aromatic heterocycles. The summed E-state index contributed by atoms with van der Waals surface area (Å²) in [6.45, 7) is 1.80. The third-order valence-corrected chi connectivity index (χ3v) is 3.97. The summed E-state index contributed by atoms with van der Waals surface area (Å²) >= 11 is 5.74. The zero-order valence-electron chi connectivity index (χ0n) is 13.4. The number of fused-ring (bicyclic) bond motifs is 1. The van der Waals surface area contributed by atoms with Crippen LogP contribution in [0.1, 0.15) is 6.92 Å². The number of nitrogens with one attached hydrogen (secondary N) is 1. The maximum Gasteiger partial charge on any atom is 0.331 e. The van der Waals surface area contributed by atoms with Crippen LogP contribution in [0.5, 0.6) is 0 Å². The summed E-state index contributed by atoms with van der Waals surface area (Å²) in [7, 11) is 0. The third kappa shape index (κ3) is 3.32. The van der Waals surface area contributed by atoms with Crippen LogP contribution in [-0.2, 0) is 17.9 Å². The topological polar surface area (TPSA) is 86.0 Å². The fraction of sp³-hybridized carbons (Fsp3) is 0.176. The average Bonchev–Trinajstić information content (AvgIpc) is 2.61. The van der Waals surface area contributed by atoms with Gasteiger partial charge in [0, 0.05) is 12.7 Å². The molecule has 3 rings (SSSR count). The molecule has 7 nitrogen and oxygen atoms in total. The maximum atomic E-state index is 12.6. The summed E-state index contributed by atoms with van der Waals surface area (Å²) in [6.07, 6.45) is 1.39. The summed E-state index contributed by atoms with van der Waals surface area (Å²) in [5.74, 6) is -0.231. The van der Waals surface area contributed by atoms with E-state index in [2.05, 4.69) is 10.3 Å². The molecule has 0 aliphatic rings. The lowest BCUT2D eigenvalue weighted by Gasteiger charge is -2.12. The third-order valence-electron chi connectivity index (χ3n) is 3.75. The normalized spacial score (nSPS) is 10.8. The fourth-order valence-corrected chi connectivity index (χ4v) is 2.70. The molecule has 0 spiro atoms. The van der Waals surface area contributed by atoms with Crippen LogP contribution in [0.2, 0.25) is 5.02 Å². The van der Waals surface area contributed by atoms with E-state index in [0.29, 0.717) is 28.3 Å². The Hall–Kier alpha value is -2.93. The van der Waals surface area contributed by atoms with Gasteiger partial charge in [-0.25, -0.2) is 9.78 Å². The number of nitrogens with zero attached hydrogens (tertiary/aromatic N) is 3. The van der Waals surface area contributed by atoms with Crippen molar-refractivity contribution in [3.63, 3.8) is 0 Å². The van der Waals surface area contributed by atoms with Crippen LogP contribution < -0.4 is 16.6 Å². The first kappa shape index (κ1) is 16.9. The molecule has 8 heteroatoms. The molecule has 3 aromatic rings. The van der Waals surface area contributed by atoms with Crippen molar-refractivity contribution in [3.8, 4) is 0 Å². The average molecular weight is 359 g/mol. The van der Waals surface area contributed by atoms with Crippen LogP contribution >= 0.6 is 11.6 Å². The van der Waals surface area contributed by atoms with Gasteiger partial charge in [-0.2, -0.15) is 0 Å². The predicted molar refractivity (Wildman–Crippen MR) is 96.0 cm³/mol. The van der Waals surface area contributed by atoms with E-state index in [0.717, 1.165) is 4.57 Å². The number of hydrogen-bond donors (Lipinski definition) is 1. The van der Waals surface area contributed by atoms with Gasteiger partial charge < -0.3 is 5.32 Å². The van der Waals surface area contributed by atoms with Crippen molar-refractivity contribution in [2.75, 3.05) is 5.32 Å². The Bertz CT molecular complexity index is 1050. The summed E-state index contributed by atoms with van der Waals surface area (Å²) in [6, 6.07) is 9.94. The van der Waals surface area contributed by atoms with E-state index < -0.39 is 23.7 Å². The van der Waals surface area contributed by atoms with Crippen LogP contribution in [0.4, 0.5) is 5.82 Å². The molecule has 1 amide bonds. The van der Waals surface area contributed by atoms with Gasteiger partial charge in [0.25, 0.3) is 5.56 Å². The number of pyridine rings is 1. The summed E-state index contributed by atoms with van der Waals surface area (Å²) < 4.78 is 2.39. The van der Waals surface area contributed by atoms with Crippen LogP contribution in [0.15, 0.2) is 52.2 Å².